The fourth-order valence-corrected chi connectivity index (χ4v) is 2.94. The summed E-state index contributed by atoms with van der Waals surface area (Å²) in [5.74, 6) is 0.976. The Morgan fingerprint density at radius 1 is 0.783 bits per heavy atom. The molecule has 1 aliphatic rings. The van der Waals surface area contributed by atoms with E-state index in [9.17, 15) is 0 Å². The Labute approximate surface area is 138 Å². The molecule has 0 saturated heterocycles. The number of hydrogen-bond acceptors (Lipinski definition) is 3. The van der Waals surface area contributed by atoms with Gasteiger partial charge in [0.2, 0.25) is 0 Å². The second kappa shape index (κ2) is 8.14. The molecule has 23 heavy (non-hydrogen) atoms. The van der Waals surface area contributed by atoms with Crippen LogP contribution in [0.5, 0.6) is 5.75 Å². The molecule has 0 aliphatic heterocycles. The lowest BCUT2D eigenvalue weighted by molar-refractivity contribution is 0.0365. The van der Waals surface area contributed by atoms with Crippen molar-refractivity contribution in [2.24, 2.45) is 0 Å². The highest BCUT2D eigenvalue weighted by molar-refractivity contribution is 5.78. The van der Waals surface area contributed by atoms with E-state index >= 15 is 0 Å². The van der Waals surface area contributed by atoms with E-state index in [1.54, 1.807) is 0 Å². The van der Waals surface area contributed by atoms with E-state index in [1.165, 1.54) is 22.3 Å². The average molecular weight is 312 g/mol. The van der Waals surface area contributed by atoms with Crippen LogP contribution in [0.25, 0.3) is 11.1 Å². The van der Waals surface area contributed by atoms with Crippen LogP contribution in [-0.4, -0.2) is 33.0 Å². The molecule has 0 radical (unpaired) electrons. The van der Waals surface area contributed by atoms with Gasteiger partial charge in [0.1, 0.15) is 12.4 Å². The van der Waals surface area contributed by atoms with E-state index in [4.69, 9.17) is 14.2 Å². The van der Waals surface area contributed by atoms with Crippen molar-refractivity contribution in [1.82, 2.24) is 0 Å². The van der Waals surface area contributed by atoms with Crippen molar-refractivity contribution in [2.75, 3.05) is 33.0 Å². The quantitative estimate of drug-likeness (QED) is 0.557. The summed E-state index contributed by atoms with van der Waals surface area (Å²) < 4.78 is 16.9. The summed E-state index contributed by atoms with van der Waals surface area (Å²) in [7, 11) is 0. The van der Waals surface area contributed by atoms with Crippen LogP contribution in [-0.2, 0) is 15.9 Å². The Balaban J connectivity index is 1.49. The third-order valence-electron chi connectivity index (χ3n) is 4.01. The molecule has 0 heterocycles. The van der Waals surface area contributed by atoms with Crippen molar-refractivity contribution in [3.05, 3.63) is 53.6 Å². The predicted molar refractivity (Wildman–Crippen MR) is 92.1 cm³/mol. The van der Waals surface area contributed by atoms with Gasteiger partial charge in [-0.25, -0.2) is 0 Å². The highest BCUT2D eigenvalue weighted by Gasteiger charge is 2.20. The number of hydrogen-bond donors (Lipinski definition) is 0. The maximum Gasteiger partial charge on any atom is 0.123 e. The summed E-state index contributed by atoms with van der Waals surface area (Å²) in [5.41, 5.74) is 5.30. The summed E-state index contributed by atoms with van der Waals surface area (Å²) >= 11 is 0. The first kappa shape index (κ1) is 16.0. The molecule has 0 unspecified atom stereocenters. The van der Waals surface area contributed by atoms with E-state index in [-0.39, 0.29) is 0 Å². The van der Waals surface area contributed by atoms with Crippen LogP contribution < -0.4 is 4.74 Å². The highest BCUT2D eigenvalue weighted by Crippen LogP contribution is 2.40. The zero-order valence-electron chi connectivity index (χ0n) is 13.7. The smallest absolute Gasteiger partial charge is 0.123 e. The van der Waals surface area contributed by atoms with Crippen molar-refractivity contribution in [1.29, 1.82) is 0 Å². The zero-order valence-corrected chi connectivity index (χ0v) is 13.7. The molecule has 0 atom stereocenters. The predicted octanol–water partition coefficient (Wildman–Crippen LogP) is 4.08. The van der Waals surface area contributed by atoms with Gasteiger partial charge >= 0.3 is 0 Å². The lowest BCUT2D eigenvalue weighted by atomic mass is 10.1. The Bertz CT molecular complexity index is 637. The molecule has 0 spiro atoms. The first-order valence-corrected chi connectivity index (χ1v) is 8.38. The van der Waals surface area contributed by atoms with Gasteiger partial charge in [0.05, 0.1) is 19.8 Å². The molecule has 3 rings (SSSR count). The lowest BCUT2D eigenvalue weighted by Crippen LogP contribution is -2.11. The van der Waals surface area contributed by atoms with E-state index < -0.39 is 0 Å². The summed E-state index contributed by atoms with van der Waals surface area (Å²) in [4.78, 5) is 0. The first-order valence-electron chi connectivity index (χ1n) is 8.38. The minimum atomic E-state index is 0.570. The molecule has 3 heteroatoms. The van der Waals surface area contributed by atoms with E-state index in [1.807, 2.05) is 0 Å². The molecular formula is C20H24O3. The molecule has 2 aromatic carbocycles. The second-order valence-corrected chi connectivity index (χ2v) is 5.69. The minimum absolute atomic E-state index is 0.570. The zero-order chi connectivity index (χ0) is 15.9. The topological polar surface area (TPSA) is 27.7 Å². The third kappa shape index (κ3) is 3.92. The van der Waals surface area contributed by atoms with E-state index in [2.05, 4.69) is 49.4 Å². The monoisotopic (exact) mass is 312 g/mol. The summed E-state index contributed by atoms with van der Waals surface area (Å²) in [5, 5.41) is 0. The van der Waals surface area contributed by atoms with Crippen LogP contribution in [0, 0.1) is 0 Å². The van der Waals surface area contributed by atoms with Gasteiger partial charge in [0.15, 0.2) is 0 Å². The number of benzene rings is 2. The van der Waals surface area contributed by atoms with Crippen molar-refractivity contribution < 1.29 is 14.2 Å². The molecule has 2 aromatic rings. The summed E-state index contributed by atoms with van der Waals surface area (Å²) in [6.45, 7) is 5.35. The molecule has 0 aromatic heterocycles. The van der Waals surface area contributed by atoms with Gasteiger partial charge < -0.3 is 14.2 Å². The number of fused-ring (bicyclic) bond motifs is 3. The third-order valence-corrected chi connectivity index (χ3v) is 4.01. The van der Waals surface area contributed by atoms with Crippen LogP contribution in [0.1, 0.15) is 24.5 Å². The lowest BCUT2D eigenvalue weighted by Gasteiger charge is -2.11. The van der Waals surface area contributed by atoms with Crippen molar-refractivity contribution >= 4 is 0 Å². The van der Waals surface area contributed by atoms with Gasteiger partial charge in [-0.1, -0.05) is 43.3 Å². The Hall–Kier alpha value is -1.84. The van der Waals surface area contributed by atoms with Crippen LogP contribution >= 0.6 is 0 Å². The van der Waals surface area contributed by atoms with Gasteiger partial charge in [-0.3, -0.25) is 0 Å². The normalized spacial score (nSPS) is 12.0. The highest BCUT2D eigenvalue weighted by atomic mass is 16.5. The van der Waals surface area contributed by atoms with Crippen molar-refractivity contribution in [3.63, 3.8) is 0 Å². The van der Waals surface area contributed by atoms with Crippen molar-refractivity contribution in [3.8, 4) is 16.9 Å². The minimum Gasteiger partial charge on any atom is -0.491 e. The molecule has 0 bridgehead atoms. The standard InChI is InChI=1S/C20H24O3/c1-2-10-21-11-12-22-13-14-23-20-9-5-8-18-17-7-4-3-6-16(17)15-19(18)20/h3-9H,2,10-15H2,1H3. The number of ether oxygens (including phenoxy) is 3. The van der Waals surface area contributed by atoms with Gasteiger partial charge in [-0.2, -0.15) is 0 Å². The van der Waals surface area contributed by atoms with Gasteiger partial charge in [0.25, 0.3) is 0 Å². The molecule has 0 fully saturated rings. The first-order chi connectivity index (χ1) is 11.4. The fraction of sp³-hybridized carbons (Fsp3) is 0.400. The maximum atomic E-state index is 5.94. The maximum absolute atomic E-state index is 5.94. The van der Waals surface area contributed by atoms with Crippen LogP contribution in [0.4, 0.5) is 0 Å². The molecule has 1 aliphatic carbocycles. The van der Waals surface area contributed by atoms with Gasteiger partial charge in [0, 0.05) is 18.6 Å². The fourth-order valence-electron chi connectivity index (χ4n) is 2.94. The van der Waals surface area contributed by atoms with Crippen LogP contribution in [0.3, 0.4) is 0 Å². The molecule has 0 N–H and O–H groups in total. The number of rotatable bonds is 9. The van der Waals surface area contributed by atoms with Gasteiger partial charge in [-0.05, 0) is 29.2 Å². The second-order valence-electron chi connectivity index (χ2n) is 5.69. The largest absolute Gasteiger partial charge is 0.491 e. The summed E-state index contributed by atoms with van der Waals surface area (Å²) in [6.07, 6.45) is 2.00. The molecule has 3 nitrogen and oxygen atoms in total. The van der Waals surface area contributed by atoms with E-state index in [0.29, 0.717) is 26.4 Å². The van der Waals surface area contributed by atoms with Crippen molar-refractivity contribution in [2.45, 2.75) is 19.8 Å². The van der Waals surface area contributed by atoms with E-state index in [0.717, 1.165) is 25.2 Å². The summed E-state index contributed by atoms with van der Waals surface area (Å²) in [6, 6.07) is 14.9. The molecular weight excluding hydrogens is 288 g/mol. The van der Waals surface area contributed by atoms with Gasteiger partial charge in [-0.15, -0.1) is 0 Å². The Morgan fingerprint density at radius 2 is 1.52 bits per heavy atom. The van der Waals surface area contributed by atoms with Crippen LogP contribution in [0.15, 0.2) is 42.5 Å². The molecule has 0 amide bonds. The molecule has 122 valence electrons. The van der Waals surface area contributed by atoms with Crippen LogP contribution in [0.2, 0.25) is 0 Å². The Kier molecular flexibility index (Phi) is 5.67. The Morgan fingerprint density at radius 3 is 2.39 bits per heavy atom. The average Bonchev–Trinajstić information content (AvgIpc) is 2.97. The molecule has 0 saturated carbocycles. The SMILES string of the molecule is CCCOCCOCCOc1cccc2c1Cc1ccccc1-2.